The van der Waals surface area contributed by atoms with Crippen molar-refractivity contribution in [3.8, 4) is 0 Å². The second-order valence-electron chi connectivity index (χ2n) is 7.14. The number of aliphatic imine (C=N–C) groups is 1. The number of hydrogen-bond donors (Lipinski definition) is 1. The first-order valence-corrected chi connectivity index (χ1v) is 10.6. The molecule has 158 valence electrons. The second-order valence-corrected chi connectivity index (χ2v) is 7.14. The Kier molecular flexibility index (Phi) is 9.81. The molecule has 0 aromatic heterocycles. The van der Waals surface area contributed by atoms with Crippen LogP contribution in [0.3, 0.4) is 0 Å². The van der Waals surface area contributed by atoms with Gasteiger partial charge in [-0.1, -0.05) is 50.3 Å². The second kappa shape index (κ2) is 12.3. The molecule has 0 radical (unpaired) electrons. The molecule has 1 aliphatic rings. The SMILES string of the molecule is C=CCN[C@H]1CC(C(=O)OCC)=C[C@@H](OC(CC)CC)[C@@H]1/N=C/c1ccccc1. The van der Waals surface area contributed by atoms with Gasteiger partial charge in [-0.25, -0.2) is 4.79 Å². The van der Waals surface area contributed by atoms with Crippen LogP contribution >= 0.6 is 0 Å². The fraction of sp³-hybridized carbons (Fsp3) is 0.500. The van der Waals surface area contributed by atoms with Crippen molar-refractivity contribution in [2.24, 2.45) is 4.99 Å². The van der Waals surface area contributed by atoms with E-state index in [1.807, 2.05) is 55.6 Å². The van der Waals surface area contributed by atoms with Gasteiger partial charge in [0.2, 0.25) is 0 Å². The molecule has 5 nitrogen and oxygen atoms in total. The van der Waals surface area contributed by atoms with Crippen LogP contribution in [-0.2, 0) is 14.3 Å². The number of nitrogens with one attached hydrogen (secondary N) is 1. The van der Waals surface area contributed by atoms with E-state index in [4.69, 9.17) is 14.5 Å². The van der Waals surface area contributed by atoms with Gasteiger partial charge in [-0.2, -0.15) is 0 Å². The summed E-state index contributed by atoms with van der Waals surface area (Å²) in [5.41, 5.74) is 1.69. The Morgan fingerprint density at radius 2 is 2.00 bits per heavy atom. The molecule has 0 saturated carbocycles. The van der Waals surface area contributed by atoms with Crippen LogP contribution in [0.4, 0.5) is 0 Å². The van der Waals surface area contributed by atoms with Crippen LogP contribution in [-0.4, -0.2) is 49.6 Å². The van der Waals surface area contributed by atoms with Crippen molar-refractivity contribution in [3.05, 3.63) is 60.2 Å². The third-order valence-electron chi connectivity index (χ3n) is 5.07. The molecule has 0 amide bonds. The number of hydrogen-bond acceptors (Lipinski definition) is 5. The standard InChI is InChI=1S/C24H34N2O3/c1-5-14-25-21-15-19(24(27)28-8-4)16-22(29-20(6-2)7-3)23(21)26-17-18-12-10-9-11-13-18/h5,9-13,16-17,20-23,25H,1,6-8,14-15H2,2-4H3/b26-17+/t21-,22+,23+/m0/s1. The van der Waals surface area contributed by atoms with E-state index in [1.54, 1.807) is 0 Å². The van der Waals surface area contributed by atoms with Gasteiger partial charge in [0.25, 0.3) is 0 Å². The number of carbonyl (C=O) groups is 1. The number of carbonyl (C=O) groups excluding carboxylic acids is 1. The molecule has 0 saturated heterocycles. The Labute approximate surface area is 174 Å². The zero-order valence-electron chi connectivity index (χ0n) is 17.8. The summed E-state index contributed by atoms with van der Waals surface area (Å²) in [6.07, 6.45) is 7.81. The Morgan fingerprint density at radius 3 is 2.62 bits per heavy atom. The summed E-state index contributed by atoms with van der Waals surface area (Å²) in [5, 5.41) is 3.46. The van der Waals surface area contributed by atoms with Crippen molar-refractivity contribution in [1.82, 2.24) is 5.32 Å². The first-order valence-electron chi connectivity index (χ1n) is 10.6. The lowest BCUT2D eigenvalue weighted by Gasteiger charge is -2.36. The highest BCUT2D eigenvalue weighted by molar-refractivity contribution is 5.89. The Balaban J connectivity index is 2.35. The van der Waals surface area contributed by atoms with Crippen molar-refractivity contribution in [2.75, 3.05) is 13.2 Å². The van der Waals surface area contributed by atoms with Crippen molar-refractivity contribution < 1.29 is 14.3 Å². The highest BCUT2D eigenvalue weighted by atomic mass is 16.5. The summed E-state index contributed by atoms with van der Waals surface area (Å²) < 4.78 is 11.7. The van der Waals surface area contributed by atoms with Crippen LogP contribution in [0.1, 0.15) is 45.6 Å². The largest absolute Gasteiger partial charge is 0.463 e. The topological polar surface area (TPSA) is 59.9 Å². The maximum absolute atomic E-state index is 12.4. The van der Waals surface area contributed by atoms with Crippen molar-refractivity contribution in [2.45, 2.75) is 64.3 Å². The third-order valence-corrected chi connectivity index (χ3v) is 5.07. The highest BCUT2D eigenvalue weighted by Gasteiger charge is 2.36. The molecule has 3 atom stereocenters. The number of benzene rings is 1. The summed E-state index contributed by atoms with van der Waals surface area (Å²) in [5.74, 6) is -0.276. The third kappa shape index (κ3) is 6.94. The van der Waals surface area contributed by atoms with Gasteiger partial charge in [0.15, 0.2) is 0 Å². The van der Waals surface area contributed by atoms with Gasteiger partial charge >= 0.3 is 5.97 Å². The summed E-state index contributed by atoms with van der Waals surface area (Å²) in [6.45, 7) is 10.8. The molecular formula is C24H34N2O3. The van der Waals surface area contributed by atoms with Gasteiger partial charge in [-0.05, 0) is 37.8 Å². The predicted molar refractivity (Wildman–Crippen MR) is 118 cm³/mol. The lowest BCUT2D eigenvalue weighted by atomic mass is 9.87. The average Bonchev–Trinajstić information content (AvgIpc) is 2.75. The molecule has 0 bridgehead atoms. The van der Waals surface area contributed by atoms with E-state index in [0.717, 1.165) is 18.4 Å². The quantitative estimate of drug-likeness (QED) is 0.347. The summed E-state index contributed by atoms with van der Waals surface area (Å²) in [6, 6.07) is 9.83. The van der Waals surface area contributed by atoms with E-state index in [9.17, 15) is 4.79 Å². The van der Waals surface area contributed by atoms with Gasteiger partial charge in [0.1, 0.15) is 6.10 Å². The fourth-order valence-electron chi connectivity index (χ4n) is 3.48. The predicted octanol–water partition coefficient (Wildman–Crippen LogP) is 4.09. The summed E-state index contributed by atoms with van der Waals surface area (Å²) >= 11 is 0. The van der Waals surface area contributed by atoms with Crippen molar-refractivity contribution >= 4 is 12.2 Å². The Morgan fingerprint density at radius 1 is 1.28 bits per heavy atom. The average molecular weight is 399 g/mol. The summed E-state index contributed by atoms with van der Waals surface area (Å²) in [7, 11) is 0. The minimum absolute atomic E-state index is 0.0447. The molecule has 1 aromatic carbocycles. The number of rotatable bonds is 11. The molecule has 1 aromatic rings. The smallest absolute Gasteiger partial charge is 0.333 e. The number of nitrogens with zero attached hydrogens (tertiary/aromatic N) is 1. The zero-order chi connectivity index (χ0) is 21.1. The van der Waals surface area contributed by atoms with Crippen LogP contribution < -0.4 is 5.32 Å². The van der Waals surface area contributed by atoms with E-state index in [1.165, 1.54) is 0 Å². The molecule has 0 aliphatic heterocycles. The number of esters is 1. The molecule has 0 unspecified atom stereocenters. The van der Waals surface area contributed by atoms with Crippen molar-refractivity contribution in [1.29, 1.82) is 0 Å². The Bertz CT molecular complexity index is 695. The minimum Gasteiger partial charge on any atom is -0.463 e. The normalized spacial score (nSPS) is 21.9. The van der Waals surface area contributed by atoms with Gasteiger partial charge in [0.05, 0.1) is 18.8 Å². The van der Waals surface area contributed by atoms with Crippen LogP contribution in [0.15, 0.2) is 59.6 Å². The van der Waals surface area contributed by atoms with Gasteiger partial charge in [-0.3, -0.25) is 4.99 Å². The van der Waals surface area contributed by atoms with E-state index >= 15 is 0 Å². The first kappa shape index (κ1) is 23.0. The maximum atomic E-state index is 12.4. The fourth-order valence-corrected chi connectivity index (χ4v) is 3.48. The van der Waals surface area contributed by atoms with Crippen molar-refractivity contribution in [3.63, 3.8) is 0 Å². The molecule has 5 heteroatoms. The van der Waals surface area contributed by atoms with E-state index in [-0.39, 0.29) is 30.3 Å². The lowest BCUT2D eigenvalue weighted by Crippen LogP contribution is -2.50. The molecule has 0 heterocycles. The minimum atomic E-state index is -0.296. The number of ether oxygens (including phenoxy) is 2. The molecule has 0 spiro atoms. The van der Waals surface area contributed by atoms with Crippen LogP contribution in [0, 0.1) is 0 Å². The van der Waals surface area contributed by atoms with E-state index < -0.39 is 0 Å². The monoisotopic (exact) mass is 398 g/mol. The van der Waals surface area contributed by atoms with Crippen LogP contribution in [0.5, 0.6) is 0 Å². The summed E-state index contributed by atoms with van der Waals surface area (Å²) in [4.78, 5) is 17.3. The maximum Gasteiger partial charge on any atom is 0.333 e. The molecule has 1 aliphatic carbocycles. The van der Waals surface area contributed by atoms with E-state index in [2.05, 4.69) is 25.7 Å². The van der Waals surface area contributed by atoms with Gasteiger partial charge in [0, 0.05) is 24.4 Å². The molecular weight excluding hydrogens is 364 g/mol. The molecule has 29 heavy (non-hydrogen) atoms. The lowest BCUT2D eigenvalue weighted by molar-refractivity contribution is -0.139. The zero-order valence-corrected chi connectivity index (χ0v) is 17.8. The molecule has 2 rings (SSSR count). The first-order chi connectivity index (χ1) is 14.1. The van der Waals surface area contributed by atoms with Crippen LogP contribution in [0.2, 0.25) is 0 Å². The van der Waals surface area contributed by atoms with Crippen LogP contribution in [0.25, 0.3) is 0 Å². The molecule has 0 fully saturated rings. The Hall–Kier alpha value is -2.24. The molecule has 1 N–H and O–H groups in total. The van der Waals surface area contributed by atoms with Gasteiger partial charge in [-0.15, -0.1) is 6.58 Å². The van der Waals surface area contributed by atoms with Gasteiger partial charge < -0.3 is 14.8 Å². The highest BCUT2D eigenvalue weighted by Crippen LogP contribution is 2.27. The van der Waals surface area contributed by atoms with E-state index in [0.29, 0.717) is 25.1 Å².